The molecule has 1 heterocycles. The fourth-order valence-electron chi connectivity index (χ4n) is 2.08. The molecule has 0 aliphatic heterocycles. The highest BCUT2D eigenvalue weighted by Gasteiger charge is 2.24. The normalized spacial score (nSPS) is 25.5. The molecule has 1 saturated carbocycles. The van der Waals surface area contributed by atoms with Gasteiger partial charge in [0.1, 0.15) is 0 Å². The Morgan fingerprint density at radius 3 is 3.00 bits per heavy atom. The number of ether oxygens (including phenoxy) is 1. The Hall–Kier alpha value is -1.29. The fourth-order valence-corrected chi connectivity index (χ4v) is 2.08. The van der Waals surface area contributed by atoms with Crippen LogP contribution in [-0.2, 0) is 4.74 Å². The van der Waals surface area contributed by atoms with E-state index >= 15 is 0 Å². The first-order valence-corrected chi connectivity index (χ1v) is 5.14. The van der Waals surface area contributed by atoms with Gasteiger partial charge < -0.3 is 14.4 Å². The summed E-state index contributed by atoms with van der Waals surface area (Å²) in [7, 11) is 1.37. The van der Waals surface area contributed by atoms with Gasteiger partial charge in [-0.15, -0.1) is 0 Å². The molecular formula is C11H15NO3. The fraction of sp³-hybridized carbons (Fsp3) is 0.545. The monoisotopic (exact) mass is 209 g/mol. The molecular weight excluding hydrogens is 194 g/mol. The summed E-state index contributed by atoms with van der Waals surface area (Å²) in [6.45, 7) is 0. The van der Waals surface area contributed by atoms with E-state index in [1.807, 2.05) is 10.8 Å². The summed E-state index contributed by atoms with van der Waals surface area (Å²) in [6.07, 6.45) is 6.05. The molecule has 4 heteroatoms. The van der Waals surface area contributed by atoms with Gasteiger partial charge in [0.25, 0.3) is 0 Å². The number of carbonyl (C=O) groups excluding carboxylic acids is 1. The zero-order valence-electron chi connectivity index (χ0n) is 8.72. The molecule has 1 aromatic heterocycles. The predicted molar refractivity (Wildman–Crippen MR) is 54.7 cm³/mol. The third-order valence-electron chi connectivity index (χ3n) is 2.93. The summed E-state index contributed by atoms with van der Waals surface area (Å²) < 4.78 is 6.62. The Morgan fingerprint density at radius 1 is 1.60 bits per heavy atom. The van der Waals surface area contributed by atoms with Crippen molar-refractivity contribution >= 4 is 5.97 Å². The molecule has 1 aliphatic rings. The summed E-state index contributed by atoms with van der Waals surface area (Å²) >= 11 is 0. The molecule has 1 aromatic rings. The molecule has 15 heavy (non-hydrogen) atoms. The molecule has 2 rings (SSSR count). The Bertz CT molecular complexity index is 358. The zero-order chi connectivity index (χ0) is 10.8. The lowest BCUT2D eigenvalue weighted by Crippen LogP contribution is -2.05. The van der Waals surface area contributed by atoms with Crippen LogP contribution in [0.25, 0.3) is 0 Å². The standard InChI is InChI=1S/C11H15NO3/c1-15-11(14)8-4-5-12(7-8)9-2-3-10(13)6-9/h4-5,7,9-10,13H,2-3,6H2,1H3/t9?,10-/m0/s1. The van der Waals surface area contributed by atoms with Crippen LogP contribution in [0.1, 0.15) is 35.7 Å². The molecule has 0 bridgehead atoms. The van der Waals surface area contributed by atoms with E-state index in [2.05, 4.69) is 4.74 Å². The maximum atomic E-state index is 11.2. The predicted octanol–water partition coefficient (Wildman–Crippen LogP) is 1.36. The van der Waals surface area contributed by atoms with Crippen LogP contribution in [0.2, 0.25) is 0 Å². The van der Waals surface area contributed by atoms with Crippen LogP contribution in [0.15, 0.2) is 18.5 Å². The third kappa shape index (κ3) is 2.04. The SMILES string of the molecule is COC(=O)c1ccn(C2CC[C@H](O)C2)c1. The zero-order valence-corrected chi connectivity index (χ0v) is 8.72. The molecule has 0 saturated heterocycles. The minimum absolute atomic E-state index is 0.195. The van der Waals surface area contributed by atoms with E-state index in [9.17, 15) is 9.90 Å². The van der Waals surface area contributed by atoms with E-state index in [4.69, 9.17) is 0 Å². The molecule has 82 valence electrons. The molecule has 0 amide bonds. The molecule has 1 fully saturated rings. The van der Waals surface area contributed by atoms with Gasteiger partial charge in [-0.3, -0.25) is 0 Å². The van der Waals surface area contributed by atoms with E-state index in [-0.39, 0.29) is 12.1 Å². The van der Waals surface area contributed by atoms with Crippen LogP contribution in [-0.4, -0.2) is 28.9 Å². The van der Waals surface area contributed by atoms with Crippen molar-refractivity contribution in [3.8, 4) is 0 Å². The minimum Gasteiger partial charge on any atom is -0.465 e. The van der Waals surface area contributed by atoms with Gasteiger partial charge in [-0.05, 0) is 25.3 Å². The Labute approximate surface area is 88.5 Å². The van der Waals surface area contributed by atoms with Gasteiger partial charge in [-0.1, -0.05) is 0 Å². The highest BCUT2D eigenvalue weighted by atomic mass is 16.5. The van der Waals surface area contributed by atoms with Crippen molar-refractivity contribution in [2.75, 3.05) is 7.11 Å². The van der Waals surface area contributed by atoms with Crippen LogP contribution < -0.4 is 0 Å². The smallest absolute Gasteiger partial charge is 0.339 e. The average Bonchev–Trinajstić information content (AvgIpc) is 2.84. The Balaban J connectivity index is 2.10. The van der Waals surface area contributed by atoms with Gasteiger partial charge >= 0.3 is 5.97 Å². The summed E-state index contributed by atoms with van der Waals surface area (Å²) in [6, 6.07) is 2.06. The van der Waals surface area contributed by atoms with Crippen LogP contribution in [0.3, 0.4) is 0 Å². The van der Waals surface area contributed by atoms with E-state index in [0.29, 0.717) is 11.6 Å². The number of aliphatic hydroxyl groups excluding tert-OH is 1. The van der Waals surface area contributed by atoms with Crippen molar-refractivity contribution in [1.82, 2.24) is 4.57 Å². The number of carbonyl (C=O) groups is 1. The van der Waals surface area contributed by atoms with Gasteiger partial charge in [-0.2, -0.15) is 0 Å². The first-order chi connectivity index (χ1) is 7.20. The molecule has 4 nitrogen and oxygen atoms in total. The number of methoxy groups -OCH3 is 1. The third-order valence-corrected chi connectivity index (χ3v) is 2.93. The Kier molecular flexibility index (Phi) is 2.77. The van der Waals surface area contributed by atoms with Gasteiger partial charge in [0.2, 0.25) is 0 Å². The van der Waals surface area contributed by atoms with Crippen LogP contribution >= 0.6 is 0 Å². The van der Waals surface area contributed by atoms with Crippen LogP contribution in [0.4, 0.5) is 0 Å². The molecule has 2 atom stereocenters. The summed E-state index contributed by atoms with van der Waals surface area (Å²) in [4.78, 5) is 11.2. The number of aliphatic hydroxyl groups is 1. The quantitative estimate of drug-likeness (QED) is 0.748. The van der Waals surface area contributed by atoms with Crippen molar-refractivity contribution in [2.45, 2.75) is 31.4 Å². The second-order valence-corrected chi connectivity index (χ2v) is 3.96. The lowest BCUT2D eigenvalue weighted by Gasteiger charge is -2.10. The number of aromatic nitrogens is 1. The first-order valence-electron chi connectivity index (χ1n) is 5.14. The second kappa shape index (κ2) is 4.06. The van der Waals surface area contributed by atoms with Crippen molar-refractivity contribution < 1.29 is 14.6 Å². The lowest BCUT2D eigenvalue weighted by atomic mass is 10.2. The van der Waals surface area contributed by atoms with Crippen molar-refractivity contribution in [3.05, 3.63) is 24.0 Å². The molecule has 0 spiro atoms. The van der Waals surface area contributed by atoms with E-state index < -0.39 is 0 Å². The molecule has 0 radical (unpaired) electrons. The van der Waals surface area contributed by atoms with Crippen LogP contribution in [0, 0.1) is 0 Å². The number of nitrogens with zero attached hydrogens (tertiary/aromatic N) is 1. The van der Waals surface area contributed by atoms with Gasteiger partial charge in [0.05, 0.1) is 18.8 Å². The van der Waals surface area contributed by atoms with Crippen molar-refractivity contribution in [1.29, 1.82) is 0 Å². The van der Waals surface area contributed by atoms with Crippen LogP contribution in [0.5, 0.6) is 0 Å². The van der Waals surface area contributed by atoms with E-state index in [1.165, 1.54) is 7.11 Å². The van der Waals surface area contributed by atoms with Crippen molar-refractivity contribution in [2.24, 2.45) is 0 Å². The summed E-state index contributed by atoms with van der Waals surface area (Å²) in [5.41, 5.74) is 0.568. The topological polar surface area (TPSA) is 51.5 Å². The Morgan fingerprint density at radius 2 is 2.40 bits per heavy atom. The van der Waals surface area contributed by atoms with E-state index in [1.54, 1.807) is 12.3 Å². The van der Waals surface area contributed by atoms with Crippen molar-refractivity contribution in [3.63, 3.8) is 0 Å². The largest absolute Gasteiger partial charge is 0.465 e. The highest BCUT2D eigenvalue weighted by Crippen LogP contribution is 2.30. The number of hydrogen-bond acceptors (Lipinski definition) is 3. The van der Waals surface area contributed by atoms with Gasteiger partial charge in [0, 0.05) is 18.4 Å². The maximum Gasteiger partial charge on any atom is 0.339 e. The lowest BCUT2D eigenvalue weighted by molar-refractivity contribution is 0.0600. The van der Waals surface area contributed by atoms with Gasteiger partial charge in [-0.25, -0.2) is 4.79 Å². The number of rotatable bonds is 2. The minimum atomic E-state index is -0.313. The van der Waals surface area contributed by atoms with E-state index in [0.717, 1.165) is 19.3 Å². The summed E-state index contributed by atoms with van der Waals surface area (Å²) in [5.74, 6) is -0.313. The maximum absolute atomic E-state index is 11.2. The molecule has 1 aliphatic carbocycles. The molecule has 0 aromatic carbocycles. The first kappa shape index (κ1) is 10.2. The molecule has 1 N–H and O–H groups in total. The second-order valence-electron chi connectivity index (χ2n) is 3.96. The summed E-state index contributed by atoms with van der Waals surface area (Å²) in [5, 5.41) is 9.42. The number of hydrogen-bond donors (Lipinski definition) is 1. The highest BCUT2D eigenvalue weighted by molar-refractivity contribution is 5.89. The molecule has 1 unspecified atom stereocenters. The van der Waals surface area contributed by atoms with Gasteiger partial charge in [0.15, 0.2) is 0 Å². The number of esters is 1. The average molecular weight is 209 g/mol.